The molecule has 0 bridgehead atoms. The van der Waals surface area contributed by atoms with Crippen LogP contribution in [0.25, 0.3) is 0 Å². The molecule has 0 aromatic heterocycles. The summed E-state index contributed by atoms with van der Waals surface area (Å²) >= 11 is 0. The maximum absolute atomic E-state index is 11.3. The third-order valence-corrected chi connectivity index (χ3v) is 2.70. The van der Waals surface area contributed by atoms with Crippen LogP contribution in [0.5, 0.6) is 0 Å². The SMILES string of the molecule is NCCNC(=O)CCC1CCNCC1. The fraction of sp³-hybridized carbons (Fsp3) is 0.900. The molecule has 4 N–H and O–H groups in total. The lowest BCUT2D eigenvalue weighted by Gasteiger charge is -2.22. The summed E-state index contributed by atoms with van der Waals surface area (Å²) in [7, 11) is 0. The normalized spacial score (nSPS) is 18.1. The molecule has 1 aliphatic heterocycles. The van der Waals surface area contributed by atoms with Gasteiger partial charge in [0.25, 0.3) is 0 Å². The second-order valence-corrected chi connectivity index (χ2v) is 3.87. The van der Waals surface area contributed by atoms with Crippen LogP contribution < -0.4 is 16.4 Å². The van der Waals surface area contributed by atoms with Crippen LogP contribution in [-0.4, -0.2) is 32.1 Å². The van der Waals surface area contributed by atoms with Gasteiger partial charge in [0.05, 0.1) is 0 Å². The lowest BCUT2D eigenvalue weighted by atomic mass is 9.93. The topological polar surface area (TPSA) is 67.1 Å². The number of piperidine rings is 1. The smallest absolute Gasteiger partial charge is 0.220 e. The lowest BCUT2D eigenvalue weighted by molar-refractivity contribution is -0.121. The Kier molecular flexibility index (Phi) is 5.56. The van der Waals surface area contributed by atoms with Gasteiger partial charge in [0.1, 0.15) is 0 Å². The van der Waals surface area contributed by atoms with Gasteiger partial charge in [-0.1, -0.05) is 0 Å². The highest BCUT2D eigenvalue weighted by atomic mass is 16.1. The van der Waals surface area contributed by atoms with E-state index in [1.165, 1.54) is 12.8 Å². The Morgan fingerprint density at radius 2 is 2.14 bits per heavy atom. The summed E-state index contributed by atoms with van der Waals surface area (Å²) < 4.78 is 0. The summed E-state index contributed by atoms with van der Waals surface area (Å²) in [4.78, 5) is 11.3. The quantitative estimate of drug-likeness (QED) is 0.576. The van der Waals surface area contributed by atoms with Crippen LogP contribution in [0, 0.1) is 5.92 Å². The molecule has 4 heteroatoms. The maximum Gasteiger partial charge on any atom is 0.220 e. The van der Waals surface area contributed by atoms with E-state index in [1.807, 2.05) is 0 Å². The zero-order valence-corrected chi connectivity index (χ0v) is 8.72. The van der Waals surface area contributed by atoms with Crippen molar-refractivity contribution in [3.05, 3.63) is 0 Å². The summed E-state index contributed by atoms with van der Waals surface area (Å²) in [5, 5.41) is 6.11. The van der Waals surface area contributed by atoms with Crippen molar-refractivity contribution >= 4 is 5.91 Å². The van der Waals surface area contributed by atoms with Crippen molar-refractivity contribution < 1.29 is 4.79 Å². The van der Waals surface area contributed by atoms with Crippen molar-refractivity contribution in [1.29, 1.82) is 0 Å². The van der Waals surface area contributed by atoms with Crippen molar-refractivity contribution in [2.45, 2.75) is 25.7 Å². The Morgan fingerprint density at radius 1 is 1.43 bits per heavy atom. The number of carbonyl (C=O) groups is 1. The number of rotatable bonds is 5. The van der Waals surface area contributed by atoms with Gasteiger partial charge in [-0.05, 0) is 38.3 Å². The van der Waals surface area contributed by atoms with Crippen LogP contribution in [0.15, 0.2) is 0 Å². The molecule has 0 aliphatic carbocycles. The first-order valence-corrected chi connectivity index (χ1v) is 5.50. The van der Waals surface area contributed by atoms with Gasteiger partial charge in [-0.2, -0.15) is 0 Å². The van der Waals surface area contributed by atoms with Crippen LogP contribution in [0.3, 0.4) is 0 Å². The van der Waals surface area contributed by atoms with Crippen molar-refractivity contribution in [3.8, 4) is 0 Å². The molecule has 1 aliphatic rings. The average molecular weight is 199 g/mol. The Morgan fingerprint density at radius 3 is 2.79 bits per heavy atom. The standard InChI is InChI=1S/C10H21N3O/c11-5-8-13-10(14)2-1-9-3-6-12-7-4-9/h9,12H,1-8,11H2,(H,13,14). The number of nitrogens with one attached hydrogen (secondary N) is 2. The Labute approximate surface area is 85.6 Å². The van der Waals surface area contributed by atoms with Crippen molar-refractivity contribution in [3.63, 3.8) is 0 Å². The van der Waals surface area contributed by atoms with Crippen LogP contribution in [0.1, 0.15) is 25.7 Å². The van der Waals surface area contributed by atoms with Crippen molar-refractivity contribution in [2.24, 2.45) is 11.7 Å². The number of carbonyl (C=O) groups excluding carboxylic acids is 1. The second-order valence-electron chi connectivity index (χ2n) is 3.87. The van der Waals surface area contributed by atoms with Gasteiger partial charge in [0, 0.05) is 19.5 Å². The monoisotopic (exact) mass is 199 g/mol. The van der Waals surface area contributed by atoms with Crippen LogP contribution in [-0.2, 0) is 4.79 Å². The minimum absolute atomic E-state index is 0.147. The summed E-state index contributed by atoms with van der Waals surface area (Å²) in [6.07, 6.45) is 4.11. The van der Waals surface area contributed by atoms with Crippen molar-refractivity contribution in [2.75, 3.05) is 26.2 Å². The van der Waals surface area contributed by atoms with Crippen molar-refractivity contribution in [1.82, 2.24) is 10.6 Å². The molecular formula is C10H21N3O. The van der Waals surface area contributed by atoms with Crippen LogP contribution in [0.2, 0.25) is 0 Å². The zero-order chi connectivity index (χ0) is 10.2. The molecule has 4 nitrogen and oxygen atoms in total. The number of nitrogens with two attached hydrogens (primary N) is 1. The molecule has 0 saturated carbocycles. The summed E-state index contributed by atoms with van der Waals surface area (Å²) in [6, 6.07) is 0. The molecule has 0 unspecified atom stereocenters. The van der Waals surface area contributed by atoms with Crippen LogP contribution in [0.4, 0.5) is 0 Å². The number of hydrogen-bond acceptors (Lipinski definition) is 3. The molecule has 1 heterocycles. The predicted octanol–water partition coefficient (Wildman–Crippen LogP) is -0.159. The van der Waals surface area contributed by atoms with Gasteiger partial charge >= 0.3 is 0 Å². The lowest BCUT2D eigenvalue weighted by Crippen LogP contribution is -2.31. The van der Waals surface area contributed by atoms with Gasteiger partial charge < -0.3 is 16.4 Å². The first-order chi connectivity index (χ1) is 6.83. The molecular weight excluding hydrogens is 178 g/mol. The minimum atomic E-state index is 0.147. The van der Waals surface area contributed by atoms with Gasteiger partial charge in [0.2, 0.25) is 5.91 Å². The minimum Gasteiger partial charge on any atom is -0.355 e. The summed E-state index contributed by atoms with van der Waals surface area (Å²) in [5.41, 5.74) is 5.29. The van der Waals surface area contributed by atoms with E-state index < -0.39 is 0 Å². The largest absolute Gasteiger partial charge is 0.355 e. The van der Waals surface area contributed by atoms with E-state index in [2.05, 4.69) is 10.6 Å². The highest BCUT2D eigenvalue weighted by Crippen LogP contribution is 2.17. The Balaban J connectivity index is 2.03. The molecule has 0 aromatic carbocycles. The molecule has 0 spiro atoms. The van der Waals surface area contributed by atoms with E-state index in [0.29, 0.717) is 19.5 Å². The molecule has 82 valence electrons. The number of hydrogen-bond donors (Lipinski definition) is 3. The molecule has 0 atom stereocenters. The molecule has 1 fully saturated rings. The molecule has 0 radical (unpaired) electrons. The maximum atomic E-state index is 11.3. The number of amides is 1. The fourth-order valence-corrected chi connectivity index (χ4v) is 1.81. The summed E-state index contributed by atoms with van der Waals surface area (Å²) in [5.74, 6) is 0.883. The van der Waals surface area contributed by atoms with E-state index in [0.717, 1.165) is 25.4 Å². The summed E-state index contributed by atoms with van der Waals surface area (Å²) in [6.45, 7) is 3.34. The van der Waals surface area contributed by atoms with Gasteiger partial charge in [-0.3, -0.25) is 4.79 Å². The highest BCUT2D eigenvalue weighted by Gasteiger charge is 2.13. The van der Waals surface area contributed by atoms with E-state index in [-0.39, 0.29) is 5.91 Å². The third kappa shape index (κ3) is 4.58. The van der Waals surface area contributed by atoms with Gasteiger partial charge in [-0.25, -0.2) is 0 Å². The van der Waals surface area contributed by atoms with E-state index in [1.54, 1.807) is 0 Å². The van der Waals surface area contributed by atoms with Gasteiger partial charge in [-0.15, -0.1) is 0 Å². The molecule has 1 rings (SSSR count). The van der Waals surface area contributed by atoms with E-state index in [9.17, 15) is 4.79 Å². The first kappa shape index (κ1) is 11.5. The van der Waals surface area contributed by atoms with E-state index >= 15 is 0 Å². The highest BCUT2D eigenvalue weighted by molar-refractivity contribution is 5.75. The average Bonchev–Trinajstić information content (AvgIpc) is 2.25. The van der Waals surface area contributed by atoms with Gasteiger partial charge in [0.15, 0.2) is 0 Å². The molecule has 1 saturated heterocycles. The molecule has 14 heavy (non-hydrogen) atoms. The van der Waals surface area contributed by atoms with Crippen LogP contribution >= 0.6 is 0 Å². The first-order valence-electron chi connectivity index (χ1n) is 5.50. The fourth-order valence-electron chi connectivity index (χ4n) is 1.81. The third-order valence-electron chi connectivity index (χ3n) is 2.70. The predicted molar refractivity (Wildman–Crippen MR) is 56.9 cm³/mol. The molecule has 1 amide bonds. The Hall–Kier alpha value is -0.610. The molecule has 0 aromatic rings. The van der Waals surface area contributed by atoms with E-state index in [4.69, 9.17) is 5.73 Å². The second kappa shape index (κ2) is 6.79. The zero-order valence-electron chi connectivity index (χ0n) is 8.72. The Bertz CT molecular complexity index is 167.